The van der Waals surface area contributed by atoms with E-state index in [0.29, 0.717) is 6.54 Å². The molecule has 1 aliphatic carbocycles. The van der Waals surface area contributed by atoms with Crippen LogP contribution < -0.4 is 4.90 Å². The number of imidazole rings is 1. The number of carbonyl (C=O) groups is 1. The number of anilines is 1. The summed E-state index contributed by atoms with van der Waals surface area (Å²) >= 11 is 1.64. The molecule has 0 bridgehead atoms. The molecular formula is C21H27ClN4OS. The van der Waals surface area contributed by atoms with Crippen molar-refractivity contribution in [1.29, 1.82) is 0 Å². The van der Waals surface area contributed by atoms with Crippen LogP contribution in [-0.4, -0.2) is 27.0 Å². The molecule has 0 N–H and O–H groups in total. The molecule has 0 saturated heterocycles. The van der Waals surface area contributed by atoms with Crippen molar-refractivity contribution in [3.05, 3.63) is 42.0 Å². The van der Waals surface area contributed by atoms with Gasteiger partial charge in [-0.3, -0.25) is 9.69 Å². The topological polar surface area (TPSA) is 51.0 Å². The molecule has 0 radical (unpaired) electrons. The standard InChI is InChI=1S/C21H26N4OS.ClH/c1-15-8-9-18-19(16(15)2)23-21(27-18)25(20(26)17-6-3-4-7-17)12-5-11-24-13-10-22-14-24;/h8-10,13-14,17H,3-7,11-12H2,1-2H3;1H. The molecule has 2 heterocycles. The van der Waals surface area contributed by atoms with E-state index in [2.05, 4.69) is 35.5 Å². The Kier molecular flexibility index (Phi) is 6.73. The summed E-state index contributed by atoms with van der Waals surface area (Å²) in [6, 6.07) is 4.27. The third kappa shape index (κ3) is 4.23. The Morgan fingerprint density at radius 3 is 2.79 bits per heavy atom. The summed E-state index contributed by atoms with van der Waals surface area (Å²) in [5.74, 6) is 0.416. The SMILES string of the molecule is Cc1ccc2sc(N(CCCn3ccnc3)C(=O)C3CCCC3)nc2c1C.Cl. The fourth-order valence-corrected chi connectivity index (χ4v) is 4.91. The van der Waals surface area contributed by atoms with E-state index in [-0.39, 0.29) is 24.2 Å². The molecule has 5 nitrogen and oxygen atoms in total. The Hall–Kier alpha value is -1.92. The number of aromatic nitrogens is 3. The maximum Gasteiger partial charge on any atom is 0.231 e. The molecule has 0 unspecified atom stereocenters. The van der Waals surface area contributed by atoms with Crippen LogP contribution in [0.3, 0.4) is 0 Å². The molecule has 1 aromatic carbocycles. The van der Waals surface area contributed by atoms with Crippen molar-refractivity contribution in [3.8, 4) is 0 Å². The highest BCUT2D eigenvalue weighted by Crippen LogP contribution is 2.34. The van der Waals surface area contributed by atoms with Gasteiger partial charge < -0.3 is 4.57 Å². The predicted octanol–water partition coefficient (Wildman–Crippen LogP) is 5.14. The summed E-state index contributed by atoms with van der Waals surface area (Å²) in [6.45, 7) is 5.78. The first kappa shape index (κ1) is 20.8. The molecule has 0 atom stereocenters. The van der Waals surface area contributed by atoms with Gasteiger partial charge in [-0.2, -0.15) is 0 Å². The average Bonchev–Trinajstić information content (AvgIpc) is 3.42. The van der Waals surface area contributed by atoms with Gasteiger partial charge in [-0.1, -0.05) is 30.2 Å². The Morgan fingerprint density at radius 1 is 1.29 bits per heavy atom. The minimum Gasteiger partial charge on any atom is -0.337 e. The van der Waals surface area contributed by atoms with Gasteiger partial charge in [0.1, 0.15) is 0 Å². The quantitative estimate of drug-likeness (QED) is 0.556. The molecule has 7 heteroatoms. The molecule has 4 rings (SSSR count). The summed E-state index contributed by atoms with van der Waals surface area (Å²) in [5.41, 5.74) is 3.49. The van der Waals surface area contributed by atoms with Gasteiger partial charge in [-0.25, -0.2) is 9.97 Å². The van der Waals surface area contributed by atoms with Crippen LogP contribution in [0.1, 0.15) is 43.2 Å². The Morgan fingerprint density at radius 2 is 2.07 bits per heavy atom. The second-order valence-corrected chi connectivity index (χ2v) is 8.49. The predicted molar refractivity (Wildman–Crippen MR) is 117 cm³/mol. The van der Waals surface area contributed by atoms with Gasteiger partial charge in [0.25, 0.3) is 0 Å². The van der Waals surface area contributed by atoms with Crippen LogP contribution >= 0.6 is 23.7 Å². The molecule has 1 saturated carbocycles. The number of carbonyl (C=O) groups excluding carboxylic acids is 1. The van der Waals surface area contributed by atoms with Crippen molar-refractivity contribution in [2.75, 3.05) is 11.4 Å². The summed E-state index contributed by atoms with van der Waals surface area (Å²) in [7, 11) is 0. The third-order valence-electron chi connectivity index (χ3n) is 5.63. The van der Waals surface area contributed by atoms with E-state index < -0.39 is 0 Å². The second kappa shape index (κ2) is 9.05. The van der Waals surface area contributed by atoms with Crippen LogP contribution in [0.15, 0.2) is 30.9 Å². The third-order valence-corrected chi connectivity index (χ3v) is 6.68. The zero-order valence-corrected chi connectivity index (χ0v) is 18.1. The van der Waals surface area contributed by atoms with E-state index in [1.54, 1.807) is 17.5 Å². The van der Waals surface area contributed by atoms with Crippen LogP contribution in [0.2, 0.25) is 0 Å². The van der Waals surface area contributed by atoms with E-state index in [4.69, 9.17) is 4.98 Å². The van der Waals surface area contributed by atoms with E-state index in [9.17, 15) is 4.79 Å². The minimum absolute atomic E-state index is 0. The number of benzene rings is 1. The summed E-state index contributed by atoms with van der Waals surface area (Å²) in [5, 5.41) is 0.848. The number of nitrogens with zero attached hydrogens (tertiary/aromatic N) is 4. The lowest BCUT2D eigenvalue weighted by atomic mass is 10.1. The van der Waals surface area contributed by atoms with E-state index >= 15 is 0 Å². The van der Waals surface area contributed by atoms with Crippen LogP contribution in [0.5, 0.6) is 0 Å². The highest BCUT2D eigenvalue weighted by Gasteiger charge is 2.29. The molecule has 3 aromatic rings. The number of hydrogen-bond donors (Lipinski definition) is 0. The number of hydrogen-bond acceptors (Lipinski definition) is 4. The number of aryl methyl sites for hydroxylation is 3. The van der Waals surface area contributed by atoms with Crippen molar-refractivity contribution in [1.82, 2.24) is 14.5 Å². The van der Waals surface area contributed by atoms with Crippen molar-refractivity contribution in [2.24, 2.45) is 5.92 Å². The fraction of sp³-hybridized carbons (Fsp3) is 0.476. The summed E-state index contributed by atoms with van der Waals surface area (Å²) in [6.07, 6.45) is 10.8. The lowest BCUT2D eigenvalue weighted by molar-refractivity contribution is -0.122. The summed E-state index contributed by atoms with van der Waals surface area (Å²) < 4.78 is 3.22. The minimum atomic E-state index is 0. The lowest BCUT2D eigenvalue weighted by Crippen LogP contribution is -2.36. The first-order valence-corrected chi connectivity index (χ1v) is 10.6. The Bertz CT molecular complexity index is 931. The van der Waals surface area contributed by atoms with E-state index in [1.165, 1.54) is 11.1 Å². The Labute approximate surface area is 176 Å². The van der Waals surface area contributed by atoms with Crippen LogP contribution in [0.25, 0.3) is 10.2 Å². The van der Waals surface area contributed by atoms with Gasteiger partial charge in [-0.05, 0) is 50.3 Å². The van der Waals surface area contributed by atoms with Crippen molar-refractivity contribution in [2.45, 2.75) is 52.5 Å². The number of rotatable bonds is 6. The molecular weight excluding hydrogens is 392 g/mol. The first-order chi connectivity index (χ1) is 13.1. The summed E-state index contributed by atoms with van der Waals surface area (Å²) in [4.78, 5) is 24.2. The monoisotopic (exact) mass is 418 g/mol. The molecule has 2 aromatic heterocycles. The second-order valence-electron chi connectivity index (χ2n) is 7.48. The zero-order valence-electron chi connectivity index (χ0n) is 16.4. The number of fused-ring (bicyclic) bond motifs is 1. The maximum atomic E-state index is 13.2. The van der Waals surface area contributed by atoms with Gasteiger partial charge >= 0.3 is 0 Å². The fourth-order valence-electron chi connectivity index (χ4n) is 3.85. The maximum absolute atomic E-state index is 13.2. The number of halogens is 1. The largest absolute Gasteiger partial charge is 0.337 e. The molecule has 1 aliphatic rings. The van der Waals surface area contributed by atoms with Crippen molar-refractivity contribution < 1.29 is 4.79 Å². The first-order valence-electron chi connectivity index (χ1n) is 9.77. The molecule has 28 heavy (non-hydrogen) atoms. The van der Waals surface area contributed by atoms with Gasteiger partial charge in [0.15, 0.2) is 5.13 Å². The van der Waals surface area contributed by atoms with Crippen molar-refractivity contribution in [3.63, 3.8) is 0 Å². The highest BCUT2D eigenvalue weighted by molar-refractivity contribution is 7.22. The lowest BCUT2D eigenvalue weighted by Gasteiger charge is -2.23. The van der Waals surface area contributed by atoms with Crippen LogP contribution in [-0.2, 0) is 11.3 Å². The molecule has 150 valence electrons. The zero-order chi connectivity index (χ0) is 18.8. The van der Waals surface area contributed by atoms with Crippen LogP contribution in [0, 0.1) is 19.8 Å². The highest BCUT2D eigenvalue weighted by atomic mass is 35.5. The molecule has 1 amide bonds. The van der Waals surface area contributed by atoms with Crippen molar-refractivity contribution >= 4 is 45.0 Å². The van der Waals surface area contributed by atoms with Gasteiger partial charge in [0.05, 0.1) is 16.5 Å². The van der Waals surface area contributed by atoms with Gasteiger partial charge in [0.2, 0.25) is 5.91 Å². The smallest absolute Gasteiger partial charge is 0.231 e. The molecule has 0 spiro atoms. The number of thiazole rings is 1. The van der Waals surface area contributed by atoms with Gasteiger partial charge in [0, 0.05) is 31.4 Å². The van der Waals surface area contributed by atoms with E-state index in [0.717, 1.165) is 54.0 Å². The number of amides is 1. The molecule has 0 aliphatic heterocycles. The normalized spacial score (nSPS) is 14.4. The van der Waals surface area contributed by atoms with E-state index in [1.807, 2.05) is 17.4 Å². The average molecular weight is 419 g/mol. The van der Waals surface area contributed by atoms with Gasteiger partial charge in [-0.15, -0.1) is 12.4 Å². The Balaban J connectivity index is 0.00000225. The van der Waals surface area contributed by atoms with Crippen LogP contribution in [0.4, 0.5) is 5.13 Å². The molecule has 1 fully saturated rings.